The van der Waals surface area contributed by atoms with Crippen molar-refractivity contribution in [1.29, 1.82) is 0 Å². The molecule has 1 saturated heterocycles. The molecule has 1 heterocycles. The van der Waals surface area contributed by atoms with Crippen LogP contribution in [0.3, 0.4) is 0 Å². The number of methoxy groups -OCH3 is 1. The van der Waals surface area contributed by atoms with Gasteiger partial charge in [-0.25, -0.2) is 9.69 Å². The van der Waals surface area contributed by atoms with Crippen molar-refractivity contribution in [3.05, 3.63) is 60.2 Å². The highest BCUT2D eigenvalue weighted by Gasteiger charge is 2.69. The molecule has 0 saturated carbocycles. The Bertz CT molecular complexity index is 949. The quantitative estimate of drug-likeness (QED) is 0.745. The van der Waals surface area contributed by atoms with Gasteiger partial charge in [-0.1, -0.05) is 36.4 Å². The average molecular weight is 407 g/mol. The standard InChI is InChI=1S/C19H16F3N3O4/c1-29-14-9-5-8-13(11-14)25-16(27)18(19(20,21)22,24-17(25)28)23-15(26)10-12-6-3-2-4-7-12/h2-9,11H,10H2,1H3,(H,23,26)(H,24,28)/t18-/m1/s1. The fourth-order valence-electron chi connectivity index (χ4n) is 2.90. The smallest absolute Gasteiger partial charge is 0.440 e. The summed E-state index contributed by atoms with van der Waals surface area (Å²) >= 11 is 0. The third-order valence-electron chi connectivity index (χ3n) is 4.29. The van der Waals surface area contributed by atoms with Crippen molar-refractivity contribution in [1.82, 2.24) is 10.6 Å². The molecule has 0 spiro atoms. The maximum atomic E-state index is 13.9. The van der Waals surface area contributed by atoms with Crippen LogP contribution in [0.25, 0.3) is 0 Å². The van der Waals surface area contributed by atoms with Crippen molar-refractivity contribution in [2.75, 3.05) is 12.0 Å². The Morgan fingerprint density at radius 3 is 2.45 bits per heavy atom. The van der Waals surface area contributed by atoms with Gasteiger partial charge >= 0.3 is 12.2 Å². The Morgan fingerprint density at radius 1 is 1.14 bits per heavy atom. The van der Waals surface area contributed by atoms with E-state index in [9.17, 15) is 27.6 Å². The van der Waals surface area contributed by atoms with Gasteiger partial charge in [0.25, 0.3) is 11.6 Å². The second kappa shape index (κ2) is 7.46. The summed E-state index contributed by atoms with van der Waals surface area (Å²) in [5.41, 5.74) is -3.25. The van der Waals surface area contributed by atoms with Gasteiger partial charge in [0.05, 0.1) is 19.2 Å². The van der Waals surface area contributed by atoms with Gasteiger partial charge in [0.15, 0.2) is 0 Å². The van der Waals surface area contributed by atoms with Gasteiger partial charge in [-0.3, -0.25) is 14.9 Å². The molecule has 0 aromatic heterocycles. The average Bonchev–Trinajstić information content (AvgIpc) is 2.93. The second-order valence-corrected chi connectivity index (χ2v) is 6.23. The fourth-order valence-corrected chi connectivity index (χ4v) is 2.90. The molecule has 1 atom stereocenters. The first kappa shape index (κ1) is 20.2. The molecule has 7 nitrogen and oxygen atoms in total. The van der Waals surface area contributed by atoms with Crippen LogP contribution in [0.15, 0.2) is 54.6 Å². The number of anilines is 1. The molecule has 0 aliphatic carbocycles. The van der Waals surface area contributed by atoms with Crippen LogP contribution < -0.4 is 20.3 Å². The van der Waals surface area contributed by atoms with E-state index in [1.807, 2.05) is 0 Å². The lowest BCUT2D eigenvalue weighted by Gasteiger charge is -2.29. The minimum Gasteiger partial charge on any atom is -0.497 e. The minimum atomic E-state index is -5.28. The molecule has 2 N–H and O–H groups in total. The number of hydrogen-bond donors (Lipinski definition) is 2. The van der Waals surface area contributed by atoms with Crippen LogP contribution in [-0.4, -0.2) is 36.8 Å². The summed E-state index contributed by atoms with van der Waals surface area (Å²) in [7, 11) is 1.33. The molecule has 2 aromatic carbocycles. The molecule has 29 heavy (non-hydrogen) atoms. The molecule has 3 rings (SSSR count). The first-order valence-electron chi connectivity index (χ1n) is 8.40. The summed E-state index contributed by atoms with van der Waals surface area (Å²) in [5, 5.41) is 3.27. The Kier molecular flexibility index (Phi) is 5.19. The summed E-state index contributed by atoms with van der Waals surface area (Å²) in [6.45, 7) is 0. The SMILES string of the molecule is COc1cccc(N2C(=O)N[C@@](NC(=O)Cc3ccccc3)(C(F)(F)F)C2=O)c1. The number of hydrogen-bond acceptors (Lipinski definition) is 4. The summed E-state index contributed by atoms with van der Waals surface area (Å²) in [5.74, 6) is -2.50. The fraction of sp³-hybridized carbons (Fsp3) is 0.211. The number of carbonyl (C=O) groups excluding carboxylic acids is 3. The molecule has 1 fully saturated rings. The monoisotopic (exact) mass is 407 g/mol. The summed E-state index contributed by atoms with van der Waals surface area (Å²) in [4.78, 5) is 37.6. The summed E-state index contributed by atoms with van der Waals surface area (Å²) in [6, 6.07) is 12.1. The topological polar surface area (TPSA) is 87.7 Å². The van der Waals surface area contributed by atoms with E-state index in [-0.39, 0.29) is 11.4 Å². The maximum Gasteiger partial charge on any atom is 0.440 e. The molecule has 2 aromatic rings. The van der Waals surface area contributed by atoms with Crippen molar-refractivity contribution in [2.24, 2.45) is 0 Å². The number of halogens is 3. The van der Waals surface area contributed by atoms with Crippen molar-refractivity contribution >= 4 is 23.5 Å². The Labute approximate surface area is 163 Å². The van der Waals surface area contributed by atoms with Crippen molar-refractivity contribution in [3.8, 4) is 5.75 Å². The minimum absolute atomic E-state index is 0.129. The van der Waals surface area contributed by atoms with Crippen LogP contribution >= 0.6 is 0 Å². The lowest BCUT2D eigenvalue weighted by molar-refractivity contribution is -0.201. The van der Waals surface area contributed by atoms with E-state index < -0.39 is 36.1 Å². The van der Waals surface area contributed by atoms with Gasteiger partial charge < -0.3 is 10.1 Å². The number of amides is 4. The predicted octanol–water partition coefficient (Wildman–Crippen LogP) is 2.37. The van der Waals surface area contributed by atoms with Gasteiger partial charge in [0.2, 0.25) is 5.91 Å². The van der Waals surface area contributed by atoms with Crippen molar-refractivity contribution in [2.45, 2.75) is 18.3 Å². The number of imide groups is 1. The van der Waals surface area contributed by atoms with E-state index in [0.717, 1.165) is 0 Å². The van der Waals surface area contributed by atoms with E-state index in [0.29, 0.717) is 10.5 Å². The highest BCUT2D eigenvalue weighted by atomic mass is 19.4. The third-order valence-corrected chi connectivity index (χ3v) is 4.29. The van der Waals surface area contributed by atoms with Crippen LogP contribution in [0.4, 0.5) is 23.7 Å². The first-order chi connectivity index (χ1) is 13.7. The van der Waals surface area contributed by atoms with Crippen molar-refractivity contribution in [3.63, 3.8) is 0 Å². The second-order valence-electron chi connectivity index (χ2n) is 6.23. The number of rotatable bonds is 5. The highest BCUT2D eigenvalue weighted by Crippen LogP contribution is 2.36. The van der Waals surface area contributed by atoms with Crippen LogP contribution in [0, 0.1) is 0 Å². The van der Waals surface area contributed by atoms with E-state index in [1.54, 1.807) is 41.0 Å². The van der Waals surface area contributed by atoms with Crippen LogP contribution in [0.2, 0.25) is 0 Å². The number of urea groups is 1. The zero-order valence-corrected chi connectivity index (χ0v) is 15.1. The van der Waals surface area contributed by atoms with Crippen LogP contribution in [-0.2, 0) is 16.0 Å². The molecule has 0 unspecified atom stereocenters. The molecule has 0 bridgehead atoms. The first-order valence-corrected chi connectivity index (χ1v) is 8.40. The summed E-state index contributed by atoms with van der Waals surface area (Å²) in [6.07, 6.45) is -5.68. The Morgan fingerprint density at radius 2 is 1.83 bits per heavy atom. The number of nitrogens with zero attached hydrogens (tertiary/aromatic N) is 1. The van der Waals surface area contributed by atoms with Gasteiger partial charge in [-0.15, -0.1) is 0 Å². The lowest BCUT2D eigenvalue weighted by atomic mass is 10.1. The number of ether oxygens (including phenoxy) is 1. The molecule has 1 aliphatic rings. The van der Waals surface area contributed by atoms with Gasteiger partial charge in [0.1, 0.15) is 5.75 Å². The largest absolute Gasteiger partial charge is 0.497 e. The molecule has 10 heteroatoms. The Hall–Kier alpha value is -3.56. The highest BCUT2D eigenvalue weighted by molar-refractivity contribution is 6.24. The van der Waals surface area contributed by atoms with E-state index in [2.05, 4.69) is 0 Å². The molecule has 4 amide bonds. The molecule has 152 valence electrons. The Balaban J connectivity index is 1.93. The number of carbonyl (C=O) groups is 3. The van der Waals surface area contributed by atoms with Crippen molar-refractivity contribution < 1.29 is 32.3 Å². The third kappa shape index (κ3) is 3.73. The predicted molar refractivity (Wildman–Crippen MR) is 96.1 cm³/mol. The summed E-state index contributed by atoms with van der Waals surface area (Å²) < 4.78 is 46.6. The maximum absolute atomic E-state index is 13.9. The molecular formula is C19H16F3N3O4. The molecular weight excluding hydrogens is 391 g/mol. The number of nitrogens with one attached hydrogen (secondary N) is 2. The van der Waals surface area contributed by atoms with Gasteiger partial charge in [-0.2, -0.15) is 13.2 Å². The van der Waals surface area contributed by atoms with Crippen LogP contribution in [0.1, 0.15) is 5.56 Å². The normalized spacial score (nSPS) is 19.1. The lowest BCUT2D eigenvalue weighted by Crippen LogP contribution is -2.69. The molecule has 0 radical (unpaired) electrons. The van der Waals surface area contributed by atoms with E-state index in [4.69, 9.17) is 4.74 Å². The molecule has 1 aliphatic heterocycles. The van der Waals surface area contributed by atoms with Gasteiger partial charge in [-0.05, 0) is 17.7 Å². The van der Waals surface area contributed by atoms with E-state index in [1.165, 1.54) is 31.4 Å². The zero-order chi connectivity index (χ0) is 21.2. The number of benzene rings is 2. The van der Waals surface area contributed by atoms with Crippen LogP contribution in [0.5, 0.6) is 5.75 Å². The zero-order valence-electron chi connectivity index (χ0n) is 15.1. The number of alkyl halides is 3. The van der Waals surface area contributed by atoms with E-state index >= 15 is 0 Å². The van der Waals surface area contributed by atoms with Gasteiger partial charge in [0, 0.05) is 6.07 Å².